The Morgan fingerprint density at radius 1 is 1.12 bits per heavy atom. The number of non-ortho nitro benzene ring substituents is 1. The number of urea groups is 1. The van der Waals surface area contributed by atoms with Gasteiger partial charge < -0.3 is 14.8 Å². The molecule has 0 radical (unpaired) electrons. The zero-order valence-electron chi connectivity index (χ0n) is 21.2. The predicted molar refractivity (Wildman–Crippen MR) is 145 cm³/mol. The molecule has 5 amide bonds. The Balaban J connectivity index is 1.60. The number of para-hydroxylation sites is 1. The molecule has 0 bridgehead atoms. The maximum absolute atomic E-state index is 13.8. The quantitative estimate of drug-likeness (QED) is 0.162. The molecule has 14 heteroatoms. The number of anilines is 2. The first-order valence-electron chi connectivity index (χ1n) is 11.9. The molecule has 210 valence electrons. The van der Waals surface area contributed by atoms with Gasteiger partial charge >= 0.3 is 6.03 Å². The minimum absolute atomic E-state index is 0.0211. The molecule has 3 aromatic rings. The van der Waals surface area contributed by atoms with E-state index in [9.17, 15) is 33.7 Å². The lowest BCUT2D eigenvalue weighted by molar-refractivity contribution is -0.384. The number of hydrogen-bond donors (Lipinski definition) is 2. The van der Waals surface area contributed by atoms with Crippen LogP contribution in [0.3, 0.4) is 0 Å². The van der Waals surface area contributed by atoms with Crippen LogP contribution in [-0.2, 0) is 14.4 Å². The van der Waals surface area contributed by atoms with Crippen LogP contribution in [0, 0.1) is 15.9 Å². The molecule has 1 aliphatic heterocycles. The van der Waals surface area contributed by atoms with E-state index >= 15 is 0 Å². The molecule has 12 nitrogen and oxygen atoms in total. The molecule has 1 saturated heterocycles. The van der Waals surface area contributed by atoms with Crippen LogP contribution >= 0.6 is 11.6 Å². The van der Waals surface area contributed by atoms with E-state index in [0.717, 1.165) is 12.1 Å². The highest BCUT2D eigenvalue weighted by Gasteiger charge is 2.37. The molecule has 41 heavy (non-hydrogen) atoms. The van der Waals surface area contributed by atoms with E-state index in [1.165, 1.54) is 48.5 Å². The average Bonchev–Trinajstić information content (AvgIpc) is 2.92. The number of halogens is 2. The second-order valence-corrected chi connectivity index (χ2v) is 8.72. The Labute approximate surface area is 236 Å². The fourth-order valence-electron chi connectivity index (χ4n) is 3.77. The molecule has 2 N–H and O–H groups in total. The topological polar surface area (TPSA) is 157 Å². The molecule has 0 spiro atoms. The van der Waals surface area contributed by atoms with Gasteiger partial charge in [-0.2, -0.15) is 0 Å². The van der Waals surface area contributed by atoms with Crippen molar-refractivity contribution < 1.29 is 38.0 Å². The third-order valence-electron chi connectivity index (χ3n) is 5.54. The molecule has 0 aromatic heterocycles. The van der Waals surface area contributed by atoms with Gasteiger partial charge in [0, 0.05) is 12.1 Å². The van der Waals surface area contributed by atoms with E-state index in [1.807, 2.05) is 5.32 Å². The summed E-state index contributed by atoms with van der Waals surface area (Å²) in [4.78, 5) is 61.6. The van der Waals surface area contributed by atoms with Crippen molar-refractivity contribution in [1.29, 1.82) is 0 Å². The van der Waals surface area contributed by atoms with Gasteiger partial charge in [0.05, 0.1) is 27.9 Å². The van der Waals surface area contributed by atoms with E-state index in [-0.39, 0.29) is 45.8 Å². The van der Waals surface area contributed by atoms with Crippen molar-refractivity contribution in [1.82, 2.24) is 5.32 Å². The third kappa shape index (κ3) is 6.47. The monoisotopic (exact) mass is 582 g/mol. The first-order chi connectivity index (χ1) is 19.6. The Morgan fingerprint density at radius 3 is 2.59 bits per heavy atom. The molecular weight excluding hydrogens is 563 g/mol. The summed E-state index contributed by atoms with van der Waals surface area (Å²) in [5, 5.41) is 15.5. The molecule has 0 atom stereocenters. The Morgan fingerprint density at radius 2 is 1.88 bits per heavy atom. The van der Waals surface area contributed by atoms with Crippen LogP contribution in [0.1, 0.15) is 12.5 Å². The lowest BCUT2D eigenvalue weighted by Crippen LogP contribution is -2.54. The minimum Gasteiger partial charge on any atom is -0.490 e. The van der Waals surface area contributed by atoms with E-state index in [4.69, 9.17) is 21.1 Å². The fraction of sp³-hybridized carbons (Fsp3) is 0.111. The fourth-order valence-corrected chi connectivity index (χ4v) is 4.04. The summed E-state index contributed by atoms with van der Waals surface area (Å²) < 4.78 is 24.9. The number of carbonyl (C=O) groups excluding carboxylic acids is 4. The maximum atomic E-state index is 13.8. The van der Waals surface area contributed by atoms with Gasteiger partial charge in [-0.3, -0.25) is 29.8 Å². The van der Waals surface area contributed by atoms with Crippen molar-refractivity contribution in [2.24, 2.45) is 0 Å². The van der Waals surface area contributed by atoms with Crippen molar-refractivity contribution in [3.8, 4) is 11.5 Å². The summed E-state index contributed by atoms with van der Waals surface area (Å²) in [5.74, 6) is -3.28. The van der Waals surface area contributed by atoms with Gasteiger partial charge in [-0.25, -0.2) is 14.1 Å². The molecular formula is C27H20ClFN4O8. The minimum atomic E-state index is -1.08. The summed E-state index contributed by atoms with van der Waals surface area (Å²) >= 11 is 6.38. The number of nitro groups is 1. The molecule has 0 unspecified atom stereocenters. The van der Waals surface area contributed by atoms with Crippen LogP contribution in [-0.4, -0.2) is 41.9 Å². The van der Waals surface area contributed by atoms with Crippen LogP contribution in [0.2, 0.25) is 5.02 Å². The van der Waals surface area contributed by atoms with Gasteiger partial charge in [0.25, 0.3) is 23.4 Å². The van der Waals surface area contributed by atoms with Crippen LogP contribution in [0.15, 0.2) is 66.2 Å². The Kier molecular flexibility index (Phi) is 8.58. The summed E-state index contributed by atoms with van der Waals surface area (Å²) in [6.45, 7) is 1.28. The number of rotatable bonds is 9. The molecule has 0 aliphatic carbocycles. The smallest absolute Gasteiger partial charge is 0.335 e. The summed E-state index contributed by atoms with van der Waals surface area (Å²) in [5.41, 5.74) is -0.782. The average molecular weight is 583 g/mol. The number of nitro benzene ring substituents is 1. The maximum Gasteiger partial charge on any atom is 0.335 e. The number of barbiturate groups is 1. The lowest BCUT2D eigenvalue weighted by atomic mass is 10.1. The number of nitrogens with one attached hydrogen (secondary N) is 2. The second-order valence-electron chi connectivity index (χ2n) is 8.31. The normalized spacial score (nSPS) is 14.1. The first-order valence-corrected chi connectivity index (χ1v) is 12.3. The Hall–Kier alpha value is -5.30. The van der Waals surface area contributed by atoms with E-state index < -0.39 is 46.7 Å². The van der Waals surface area contributed by atoms with Crippen LogP contribution in [0.25, 0.3) is 6.08 Å². The largest absolute Gasteiger partial charge is 0.490 e. The van der Waals surface area contributed by atoms with Gasteiger partial charge in [0.2, 0.25) is 0 Å². The predicted octanol–water partition coefficient (Wildman–Crippen LogP) is 4.47. The van der Waals surface area contributed by atoms with Gasteiger partial charge in [-0.15, -0.1) is 0 Å². The molecule has 1 fully saturated rings. The SMILES string of the molecule is CCOc1cc(/C=C2/C(=O)NC(=O)N(c3cccc([N+](=O)[O-])c3)C2=O)cc(Cl)c1OCC(=O)Nc1ccccc1F. The van der Waals surface area contributed by atoms with Crippen molar-refractivity contribution in [2.75, 3.05) is 23.4 Å². The number of benzene rings is 3. The van der Waals surface area contributed by atoms with Crippen molar-refractivity contribution >= 4 is 58.5 Å². The van der Waals surface area contributed by atoms with Crippen LogP contribution in [0.4, 0.5) is 26.2 Å². The van der Waals surface area contributed by atoms with Crippen molar-refractivity contribution in [3.63, 3.8) is 0 Å². The molecule has 4 rings (SSSR count). The molecule has 1 aliphatic rings. The third-order valence-corrected chi connectivity index (χ3v) is 5.82. The van der Waals surface area contributed by atoms with E-state index in [1.54, 1.807) is 13.0 Å². The number of nitrogens with zero attached hydrogens (tertiary/aromatic N) is 2. The highest BCUT2D eigenvalue weighted by molar-refractivity contribution is 6.39. The summed E-state index contributed by atoms with van der Waals surface area (Å²) in [7, 11) is 0. The van der Waals surface area contributed by atoms with E-state index in [2.05, 4.69) is 5.32 Å². The van der Waals surface area contributed by atoms with Gasteiger partial charge in [-0.1, -0.05) is 29.8 Å². The number of carbonyl (C=O) groups is 4. The summed E-state index contributed by atoms with van der Waals surface area (Å²) in [6, 6.07) is 12.0. The number of hydrogen-bond acceptors (Lipinski definition) is 8. The highest BCUT2D eigenvalue weighted by Crippen LogP contribution is 2.38. The standard InChI is InChI=1S/C27H20ClFN4O8/c1-2-40-22-12-15(11-19(28)24(22)41-14-23(34)30-21-9-4-3-8-20(21)29)10-18-25(35)31-27(37)32(26(18)36)16-6-5-7-17(13-16)33(38)39/h3-13H,2,14H2,1H3,(H,30,34)(H,31,35,37)/b18-10-. The summed E-state index contributed by atoms with van der Waals surface area (Å²) in [6.07, 6.45) is 1.15. The lowest BCUT2D eigenvalue weighted by Gasteiger charge is -2.26. The molecule has 1 heterocycles. The molecule has 0 saturated carbocycles. The van der Waals surface area contributed by atoms with Crippen LogP contribution in [0.5, 0.6) is 11.5 Å². The highest BCUT2D eigenvalue weighted by atomic mass is 35.5. The van der Waals surface area contributed by atoms with E-state index in [0.29, 0.717) is 4.90 Å². The molecule has 3 aromatic carbocycles. The number of imide groups is 2. The van der Waals surface area contributed by atoms with Gasteiger partial charge in [0.1, 0.15) is 11.4 Å². The second kappa shape index (κ2) is 12.3. The number of ether oxygens (including phenoxy) is 2. The Bertz CT molecular complexity index is 1610. The number of amides is 5. The zero-order valence-corrected chi connectivity index (χ0v) is 21.9. The zero-order chi connectivity index (χ0) is 29.7. The first kappa shape index (κ1) is 28.7. The van der Waals surface area contributed by atoms with Crippen molar-refractivity contribution in [3.05, 3.63) is 92.8 Å². The van der Waals surface area contributed by atoms with Crippen molar-refractivity contribution in [2.45, 2.75) is 6.92 Å². The van der Waals surface area contributed by atoms with Gasteiger partial charge in [-0.05, 0) is 48.9 Å². The van der Waals surface area contributed by atoms with Gasteiger partial charge in [0.15, 0.2) is 18.1 Å². The van der Waals surface area contributed by atoms with Crippen LogP contribution < -0.4 is 25.0 Å².